The van der Waals surface area contributed by atoms with E-state index < -0.39 is 10.0 Å². The normalized spacial score (nSPS) is 14.6. The molecule has 2 heterocycles. The van der Waals surface area contributed by atoms with E-state index in [1.165, 1.54) is 10.4 Å². The van der Waals surface area contributed by atoms with Crippen LogP contribution >= 0.6 is 38.9 Å². The predicted molar refractivity (Wildman–Crippen MR) is 86.1 cm³/mol. The number of halogens is 2. The first-order valence-corrected chi connectivity index (χ1v) is 9.18. The van der Waals surface area contributed by atoms with Crippen LogP contribution in [0.15, 0.2) is 32.3 Å². The lowest BCUT2D eigenvalue weighted by Gasteiger charge is -2.18. The van der Waals surface area contributed by atoms with Crippen molar-refractivity contribution in [3.05, 3.63) is 38.6 Å². The molecule has 0 saturated carbocycles. The molecule has 0 atom stereocenters. The smallest absolute Gasteiger partial charge is 0.273 e. The molecule has 1 aromatic heterocycles. The number of nitrogens with zero attached hydrogens (tertiary/aromatic N) is 1. The van der Waals surface area contributed by atoms with Crippen molar-refractivity contribution in [2.45, 2.75) is 10.6 Å². The number of benzene rings is 1. The third kappa shape index (κ3) is 2.22. The number of nitrogen functional groups attached to an aromatic ring is 1. The van der Waals surface area contributed by atoms with Crippen molar-refractivity contribution in [3.8, 4) is 0 Å². The first kappa shape index (κ1) is 14.2. The van der Waals surface area contributed by atoms with E-state index in [1.807, 2.05) is 6.07 Å². The maximum atomic E-state index is 12.7. The van der Waals surface area contributed by atoms with E-state index in [2.05, 4.69) is 15.9 Å². The van der Waals surface area contributed by atoms with Gasteiger partial charge in [0.2, 0.25) is 0 Å². The first-order valence-electron chi connectivity index (χ1n) is 5.75. The Labute approximate surface area is 134 Å². The molecule has 0 aliphatic carbocycles. The maximum absolute atomic E-state index is 12.7. The summed E-state index contributed by atoms with van der Waals surface area (Å²) < 4.78 is 27.6. The van der Waals surface area contributed by atoms with Gasteiger partial charge in [-0.15, -0.1) is 11.3 Å². The van der Waals surface area contributed by atoms with Gasteiger partial charge in [0.25, 0.3) is 10.0 Å². The second-order valence-corrected chi connectivity index (χ2v) is 9.27. The molecule has 0 unspecified atom stereocenters. The summed E-state index contributed by atoms with van der Waals surface area (Å²) in [5, 5.41) is 0.403. The number of anilines is 2. The second-order valence-electron chi connectivity index (χ2n) is 4.40. The maximum Gasteiger partial charge on any atom is 0.273 e. The summed E-state index contributed by atoms with van der Waals surface area (Å²) in [5.74, 6) is 0. The van der Waals surface area contributed by atoms with Crippen LogP contribution in [0.5, 0.6) is 0 Å². The van der Waals surface area contributed by atoms with Crippen LogP contribution in [0.4, 0.5) is 11.4 Å². The van der Waals surface area contributed by atoms with Gasteiger partial charge in [-0.05, 0) is 46.1 Å². The fourth-order valence-electron chi connectivity index (χ4n) is 2.18. The first-order chi connectivity index (χ1) is 9.39. The Bertz CT molecular complexity index is 769. The van der Waals surface area contributed by atoms with E-state index >= 15 is 0 Å². The van der Waals surface area contributed by atoms with Crippen LogP contribution in [-0.4, -0.2) is 15.0 Å². The average Bonchev–Trinajstić information content (AvgIpc) is 2.94. The quantitative estimate of drug-likeness (QED) is 0.794. The predicted octanol–water partition coefficient (Wildman–Crippen LogP) is 3.50. The number of hydrogen-bond donors (Lipinski definition) is 1. The van der Waals surface area contributed by atoms with Crippen LogP contribution < -0.4 is 10.0 Å². The molecule has 106 valence electrons. The SMILES string of the molecule is Nc1ccc2c(c1)N(S(=O)(=O)c1cc(Cl)c(Br)s1)CC2. The fraction of sp³-hybridized carbons (Fsp3) is 0.167. The molecule has 2 aromatic rings. The molecule has 1 aliphatic heterocycles. The van der Waals surface area contributed by atoms with Gasteiger partial charge in [-0.3, -0.25) is 4.31 Å². The van der Waals surface area contributed by atoms with Crippen molar-refractivity contribution in [3.63, 3.8) is 0 Å². The van der Waals surface area contributed by atoms with Crippen LogP contribution in [0, 0.1) is 0 Å². The van der Waals surface area contributed by atoms with Crippen molar-refractivity contribution in [2.75, 3.05) is 16.6 Å². The third-order valence-corrected chi connectivity index (χ3v) is 7.87. The van der Waals surface area contributed by atoms with E-state index in [9.17, 15) is 8.42 Å². The highest BCUT2D eigenvalue weighted by Crippen LogP contribution is 2.39. The molecule has 0 radical (unpaired) electrons. The van der Waals surface area contributed by atoms with Gasteiger partial charge in [-0.2, -0.15) is 0 Å². The average molecular weight is 394 g/mol. The van der Waals surface area contributed by atoms with Gasteiger partial charge in [-0.25, -0.2) is 8.42 Å². The molecular formula is C12H10BrClN2O2S2. The fourth-order valence-corrected chi connectivity index (χ4v) is 6.19. The zero-order valence-corrected chi connectivity index (χ0v) is 14.1. The number of sulfonamides is 1. The Balaban J connectivity index is 2.09. The largest absolute Gasteiger partial charge is 0.399 e. The van der Waals surface area contributed by atoms with E-state index in [1.54, 1.807) is 12.1 Å². The minimum absolute atomic E-state index is 0.227. The van der Waals surface area contributed by atoms with E-state index in [0.29, 0.717) is 33.1 Å². The minimum Gasteiger partial charge on any atom is -0.399 e. The van der Waals surface area contributed by atoms with Crippen LogP contribution in [0.3, 0.4) is 0 Å². The van der Waals surface area contributed by atoms with Gasteiger partial charge < -0.3 is 5.73 Å². The van der Waals surface area contributed by atoms with Crippen LogP contribution in [0.25, 0.3) is 0 Å². The van der Waals surface area contributed by atoms with E-state index in [4.69, 9.17) is 17.3 Å². The lowest BCUT2D eigenvalue weighted by molar-refractivity contribution is 0.594. The van der Waals surface area contributed by atoms with Crippen LogP contribution in [-0.2, 0) is 16.4 Å². The molecule has 0 bridgehead atoms. The van der Waals surface area contributed by atoms with Crippen molar-refractivity contribution < 1.29 is 8.42 Å². The molecule has 3 rings (SSSR count). The number of thiophene rings is 1. The molecule has 2 N–H and O–H groups in total. The number of nitrogens with two attached hydrogens (primary N) is 1. The Morgan fingerprint density at radius 3 is 2.75 bits per heavy atom. The highest BCUT2D eigenvalue weighted by molar-refractivity contribution is 9.11. The van der Waals surface area contributed by atoms with Crippen molar-refractivity contribution in [2.24, 2.45) is 0 Å². The summed E-state index contributed by atoms with van der Waals surface area (Å²) in [6, 6.07) is 6.82. The second kappa shape index (κ2) is 4.91. The standard InChI is InChI=1S/C12H10BrClN2O2S2/c13-12-9(14)6-11(19-12)20(17,18)16-4-3-7-1-2-8(15)5-10(7)16/h1-2,5-6H,3-4,15H2. The molecule has 4 nitrogen and oxygen atoms in total. The molecule has 0 saturated heterocycles. The van der Waals surface area contributed by atoms with E-state index in [0.717, 1.165) is 16.9 Å². The highest BCUT2D eigenvalue weighted by atomic mass is 79.9. The van der Waals surface area contributed by atoms with Gasteiger partial charge >= 0.3 is 0 Å². The van der Waals surface area contributed by atoms with Gasteiger partial charge in [0.15, 0.2) is 0 Å². The zero-order chi connectivity index (χ0) is 14.5. The van der Waals surface area contributed by atoms with Crippen molar-refractivity contribution in [1.29, 1.82) is 0 Å². The summed E-state index contributed by atoms with van der Waals surface area (Å²) in [6.07, 6.45) is 0.690. The number of hydrogen-bond acceptors (Lipinski definition) is 4. The summed E-state index contributed by atoms with van der Waals surface area (Å²) >= 11 is 10.3. The molecule has 0 fully saturated rings. The van der Waals surface area contributed by atoms with Crippen molar-refractivity contribution >= 4 is 60.3 Å². The van der Waals surface area contributed by atoms with Gasteiger partial charge in [0, 0.05) is 12.2 Å². The molecule has 20 heavy (non-hydrogen) atoms. The minimum atomic E-state index is -3.59. The molecule has 0 amide bonds. The monoisotopic (exact) mass is 392 g/mol. The van der Waals surface area contributed by atoms with Gasteiger partial charge in [-0.1, -0.05) is 17.7 Å². The van der Waals surface area contributed by atoms with Crippen LogP contribution in [0.2, 0.25) is 5.02 Å². The number of rotatable bonds is 2. The van der Waals surface area contributed by atoms with Crippen LogP contribution in [0.1, 0.15) is 5.56 Å². The lowest BCUT2D eigenvalue weighted by Crippen LogP contribution is -2.28. The summed E-state index contributed by atoms with van der Waals surface area (Å²) in [7, 11) is -3.59. The Morgan fingerprint density at radius 2 is 2.10 bits per heavy atom. The summed E-state index contributed by atoms with van der Waals surface area (Å²) in [5.41, 5.74) is 7.96. The molecular weight excluding hydrogens is 384 g/mol. The van der Waals surface area contributed by atoms with Gasteiger partial charge in [0.05, 0.1) is 14.5 Å². The summed E-state index contributed by atoms with van der Waals surface area (Å²) in [4.78, 5) is 0. The molecule has 0 spiro atoms. The van der Waals surface area contributed by atoms with Crippen molar-refractivity contribution in [1.82, 2.24) is 0 Å². The van der Waals surface area contributed by atoms with Gasteiger partial charge in [0.1, 0.15) is 4.21 Å². The topological polar surface area (TPSA) is 63.4 Å². The lowest BCUT2D eigenvalue weighted by atomic mass is 10.1. The van der Waals surface area contributed by atoms with E-state index in [-0.39, 0.29) is 4.21 Å². The number of fused-ring (bicyclic) bond motifs is 1. The zero-order valence-electron chi connectivity index (χ0n) is 10.1. The third-order valence-electron chi connectivity index (χ3n) is 3.13. The molecule has 1 aliphatic rings. The highest BCUT2D eigenvalue weighted by Gasteiger charge is 2.32. The molecule has 8 heteroatoms. The Morgan fingerprint density at radius 1 is 1.35 bits per heavy atom. The summed E-state index contributed by atoms with van der Waals surface area (Å²) in [6.45, 7) is 0.425. The Hall–Kier alpha value is -0.760. The molecule has 1 aromatic carbocycles. The Kier molecular flexibility index (Phi) is 3.48.